The van der Waals surface area contributed by atoms with Crippen molar-refractivity contribution in [3.63, 3.8) is 0 Å². The Balaban J connectivity index is 1.40. The van der Waals surface area contributed by atoms with E-state index in [1.54, 1.807) is 0 Å². The van der Waals surface area contributed by atoms with Crippen LogP contribution >= 0.6 is 0 Å². The lowest BCUT2D eigenvalue weighted by Crippen LogP contribution is -2.35. The number of hydrogen-bond acceptors (Lipinski definition) is 2. The number of hydrogen-bond donors (Lipinski definition) is 2. The molecule has 0 saturated heterocycles. The number of rotatable bonds is 6. The van der Waals surface area contributed by atoms with Crippen molar-refractivity contribution < 1.29 is 4.79 Å². The second kappa shape index (κ2) is 5.74. The van der Waals surface area contributed by atoms with Gasteiger partial charge in [0.15, 0.2) is 0 Å². The van der Waals surface area contributed by atoms with E-state index in [4.69, 9.17) is 0 Å². The van der Waals surface area contributed by atoms with Crippen molar-refractivity contribution in [2.75, 3.05) is 13.1 Å². The van der Waals surface area contributed by atoms with Gasteiger partial charge in [-0.25, -0.2) is 0 Å². The maximum atomic E-state index is 11.6. The lowest BCUT2D eigenvalue weighted by Gasteiger charge is -2.07. The summed E-state index contributed by atoms with van der Waals surface area (Å²) in [6, 6.07) is 7.38. The van der Waals surface area contributed by atoms with Crippen LogP contribution in [0.25, 0.3) is 0 Å². The van der Waals surface area contributed by atoms with Crippen molar-refractivity contribution in [3.05, 3.63) is 34.9 Å². The third-order valence-electron chi connectivity index (χ3n) is 4.03. The van der Waals surface area contributed by atoms with Crippen LogP contribution in [0.15, 0.2) is 18.2 Å². The number of carbonyl (C=O) groups is 1. The number of carbonyl (C=O) groups excluding carboxylic acids is 1. The molecule has 2 aliphatic carbocycles. The molecule has 0 heterocycles. The fraction of sp³-hybridized carbons (Fsp3) is 0.562. The number of amides is 1. The zero-order valence-electron chi connectivity index (χ0n) is 11.4. The van der Waals surface area contributed by atoms with E-state index < -0.39 is 0 Å². The van der Waals surface area contributed by atoms with E-state index in [9.17, 15) is 4.79 Å². The molecule has 3 heteroatoms. The first-order chi connectivity index (χ1) is 9.31. The predicted molar refractivity (Wildman–Crippen MR) is 76.2 cm³/mol. The van der Waals surface area contributed by atoms with E-state index in [1.807, 2.05) is 0 Å². The molecule has 0 bridgehead atoms. The van der Waals surface area contributed by atoms with Crippen molar-refractivity contribution in [2.24, 2.45) is 0 Å². The zero-order valence-corrected chi connectivity index (χ0v) is 11.4. The first kappa shape index (κ1) is 12.7. The summed E-state index contributed by atoms with van der Waals surface area (Å²) in [5.74, 6) is 0.119. The fourth-order valence-electron chi connectivity index (χ4n) is 2.71. The highest BCUT2D eigenvalue weighted by Crippen LogP contribution is 2.22. The molecule has 0 atom stereocenters. The fourth-order valence-corrected chi connectivity index (χ4v) is 2.71. The predicted octanol–water partition coefficient (Wildman–Crippen LogP) is 1.59. The van der Waals surface area contributed by atoms with Crippen molar-refractivity contribution in [1.29, 1.82) is 0 Å². The Morgan fingerprint density at radius 2 is 2.05 bits per heavy atom. The highest BCUT2D eigenvalue weighted by atomic mass is 16.1. The van der Waals surface area contributed by atoms with Gasteiger partial charge in [0.25, 0.3) is 0 Å². The Kier molecular flexibility index (Phi) is 3.83. The summed E-state index contributed by atoms with van der Waals surface area (Å²) >= 11 is 0. The maximum Gasteiger partial charge on any atom is 0.233 e. The van der Waals surface area contributed by atoms with Gasteiger partial charge in [0, 0.05) is 12.6 Å². The second-order valence-corrected chi connectivity index (χ2v) is 5.71. The average Bonchev–Trinajstić information content (AvgIpc) is 3.13. The molecule has 1 saturated carbocycles. The first-order valence-corrected chi connectivity index (χ1v) is 7.42. The van der Waals surface area contributed by atoms with E-state index in [2.05, 4.69) is 28.8 Å². The number of fused-ring (bicyclic) bond motifs is 1. The van der Waals surface area contributed by atoms with Crippen LogP contribution in [0, 0.1) is 0 Å². The highest BCUT2D eigenvalue weighted by molar-refractivity contribution is 5.78. The Bertz CT molecular complexity index is 466. The van der Waals surface area contributed by atoms with Crippen LogP contribution in [-0.2, 0) is 24.1 Å². The van der Waals surface area contributed by atoms with E-state index in [1.165, 1.54) is 48.8 Å². The molecule has 0 spiro atoms. The lowest BCUT2D eigenvalue weighted by atomic mass is 10.0. The van der Waals surface area contributed by atoms with E-state index in [-0.39, 0.29) is 5.91 Å². The van der Waals surface area contributed by atoms with E-state index >= 15 is 0 Å². The molecule has 0 aromatic heterocycles. The zero-order chi connectivity index (χ0) is 13.1. The molecule has 102 valence electrons. The Morgan fingerprint density at radius 1 is 1.21 bits per heavy atom. The molecule has 3 nitrogen and oxygen atoms in total. The van der Waals surface area contributed by atoms with Gasteiger partial charge >= 0.3 is 0 Å². The van der Waals surface area contributed by atoms with Crippen LogP contribution < -0.4 is 10.6 Å². The quantitative estimate of drug-likeness (QED) is 0.813. The minimum Gasteiger partial charge on any atom is -0.355 e. The summed E-state index contributed by atoms with van der Waals surface area (Å²) in [5, 5.41) is 6.21. The summed E-state index contributed by atoms with van der Waals surface area (Å²) in [6.07, 6.45) is 7.13. The highest BCUT2D eigenvalue weighted by Gasteiger charge is 2.20. The minimum atomic E-state index is 0.119. The topological polar surface area (TPSA) is 41.1 Å². The summed E-state index contributed by atoms with van der Waals surface area (Å²) in [6.45, 7) is 1.21. The Hall–Kier alpha value is -1.35. The monoisotopic (exact) mass is 258 g/mol. The third-order valence-corrected chi connectivity index (χ3v) is 4.03. The van der Waals surface area contributed by atoms with Crippen LogP contribution in [0.5, 0.6) is 0 Å². The minimum absolute atomic E-state index is 0.119. The molecular weight excluding hydrogens is 236 g/mol. The van der Waals surface area contributed by atoms with E-state index in [0.717, 1.165) is 13.0 Å². The SMILES string of the molecule is O=C(CNC1CC1)NCCc1ccc2c(c1)CCC2. The summed E-state index contributed by atoms with van der Waals surface area (Å²) in [4.78, 5) is 11.6. The second-order valence-electron chi connectivity index (χ2n) is 5.71. The van der Waals surface area contributed by atoms with Crippen molar-refractivity contribution in [1.82, 2.24) is 10.6 Å². The molecule has 19 heavy (non-hydrogen) atoms. The van der Waals surface area contributed by atoms with Gasteiger partial charge in [0.2, 0.25) is 5.91 Å². The van der Waals surface area contributed by atoms with Gasteiger partial charge in [0.1, 0.15) is 0 Å². The maximum absolute atomic E-state index is 11.6. The largest absolute Gasteiger partial charge is 0.355 e. The normalized spacial score (nSPS) is 17.3. The molecule has 0 radical (unpaired) electrons. The Morgan fingerprint density at radius 3 is 2.89 bits per heavy atom. The molecule has 2 aliphatic rings. The number of aryl methyl sites for hydroxylation is 2. The molecule has 1 aromatic carbocycles. The molecule has 3 rings (SSSR count). The van der Waals surface area contributed by atoms with Crippen molar-refractivity contribution in [3.8, 4) is 0 Å². The molecule has 0 unspecified atom stereocenters. The average molecular weight is 258 g/mol. The lowest BCUT2D eigenvalue weighted by molar-refractivity contribution is -0.120. The third kappa shape index (κ3) is 3.57. The number of nitrogens with one attached hydrogen (secondary N) is 2. The summed E-state index contributed by atoms with van der Waals surface area (Å²) in [5.41, 5.74) is 4.37. The van der Waals surface area contributed by atoms with Gasteiger partial charge in [-0.1, -0.05) is 18.2 Å². The summed E-state index contributed by atoms with van der Waals surface area (Å²) in [7, 11) is 0. The van der Waals surface area contributed by atoms with Gasteiger partial charge < -0.3 is 10.6 Å². The van der Waals surface area contributed by atoms with Gasteiger partial charge in [0.05, 0.1) is 6.54 Å². The Labute approximate surface area is 114 Å². The van der Waals surface area contributed by atoms with Crippen molar-refractivity contribution in [2.45, 2.75) is 44.6 Å². The smallest absolute Gasteiger partial charge is 0.233 e. The van der Waals surface area contributed by atoms with Gasteiger partial charge in [-0.15, -0.1) is 0 Å². The van der Waals surface area contributed by atoms with Crippen molar-refractivity contribution >= 4 is 5.91 Å². The van der Waals surface area contributed by atoms with Crippen LogP contribution in [0.2, 0.25) is 0 Å². The molecule has 1 fully saturated rings. The molecule has 1 amide bonds. The molecule has 2 N–H and O–H groups in total. The van der Waals surface area contributed by atoms with Gasteiger partial charge in [-0.05, 0) is 55.2 Å². The first-order valence-electron chi connectivity index (χ1n) is 7.42. The molecule has 1 aromatic rings. The van der Waals surface area contributed by atoms with Crippen LogP contribution in [0.1, 0.15) is 36.0 Å². The summed E-state index contributed by atoms with van der Waals surface area (Å²) < 4.78 is 0. The van der Waals surface area contributed by atoms with Crippen LogP contribution in [0.4, 0.5) is 0 Å². The van der Waals surface area contributed by atoms with Gasteiger partial charge in [-0.3, -0.25) is 4.79 Å². The van der Waals surface area contributed by atoms with Crippen LogP contribution in [-0.4, -0.2) is 25.0 Å². The number of benzene rings is 1. The standard InChI is InChI=1S/C16H22N2O/c19-16(11-18-15-6-7-15)17-9-8-12-4-5-13-2-1-3-14(13)10-12/h4-5,10,15,18H,1-3,6-9,11H2,(H,17,19). The molecular formula is C16H22N2O. The molecule has 0 aliphatic heterocycles. The van der Waals surface area contributed by atoms with Crippen LogP contribution in [0.3, 0.4) is 0 Å². The van der Waals surface area contributed by atoms with E-state index in [0.29, 0.717) is 12.6 Å². The van der Waals surface area contributed by atoms with Gasteiger partial charge in [-0.2, -0.15) is 0 Å².